The number of carbonyl (C=O) groups is 2. The number of fused-ring (bicyclic) bond motifs is 1. The zero-order valence-corrected chi connectivity index (χ0v) is 23.4. The first-order chi connectivity index (χ1) is 18.3. The maximum absolute atomic E-state index is 13.4. The molecule has 0 bridgehead atoms. The molecule has 4 heterocycles. The first-order valence-corrected chi connectivity index (χ1v) is 14.6. The molecule has 3 aromatic rings. The first kappa shape index (κ1) is 26.6. The van der Waals surface area contributed by atoms with E-state index in [1.54, 1.807) is 22.3 Å². The van der Waals surface area contributed by atoms with Crippen molar-refractivity contribution in [1.82, 2.24) is 19.8 Å². The largest absolute Gasteiger partial charge is 0.383 e. The molecule has 3 N–H and O–H groups in total. The Hall–Kier alpha value is -3.04. The summed E-state index contributed by atoms with van der Waals surface area (Å²) in [7, 11) is 0. The van der Waals surface area contributed by atoms with E-state index in [9.17, 15) is 9.59 Å². The number of likely N-dealkylation sites (tertiary alicyclic amines) is 2. The maximum Gasteiger partial charge on any atom is 0.313 e. The fraction of sp³-hybridized carbons (Fsp3) is 0.517. The predicted molar refractivity (Wildman–Crippen MR) is 153 cm³/mol. The zero-order valence-electron chi connectivity index (χ0n) is 22.6. The number of benzene rings is 1. The van der Waals surface area contributed by atoms with Crippen molar-refractivity contribution in [3.8, 4) is 0 Å². The number of nitrogens with two attached hydrogens (primary N) is 1. The second-order valence-electron chi connectivity index (χ2n) is 10.9. The molecule has 2 aliphatic rings. The molecule has 0 saturated carbocycles. The number of nitrogens with zero attached hydrogens (tertiary/aromatic N) is 4. The summed E-state index contributed by atoms with van der Waals surface area (Å²) in [5.41, 5.74) is 9.23. The van der Waals surface area contributed by atoms with Gasteiger partial charge in [0, 0.05) is 19.0 Å². The van der Waals surface area contributed by atoms with Crippen LogP contribution in [0.4, 0.5) is 11.5 Å². The highest BCUT2D eigenvalue weighted by atomic mass is 32.1. The number of carbonyl (C=O) groups excluding carboxylic acids is 2. The summed E-state index contributed by atoms with van der Waals surface area (Å²) < 4.78 is 1.17. The molecule has 3 atom stereocenters. The number of hydrogen-bond acceptors (Lipinski definition) is 7. The third-order valence-electron chi connectivity index (χ3n) is 7.88. The highest BCUT2D eigenvalue weighted by molar-refractivity contribution is 7.18. The van der Waals surface area contributed by atoms with Crippen LogP contribution in [0.15, 0.2) is 30.5 Å². The molecule has 1 aromatic carbocycles. The molecule has 5 rings (SSSR count). The Bertz CT molecular complexity index is 1320. The Kier molecular flexibility index (Phi) is 7.95. The molecular weight excluding hydrogens is 496 g/mol. The average molecular weight is 535 g/mol. The van der Waals surface area contributed by atoms with Gasteiger partial charge in [0.05, 0.1) is 33.2 Å². The molecule has 2 fully saturated rings. The Morgan fingerprint density at radius 1 is 1.21 bits per heavy atom. The van der Waals surface area contributed by atoms with Crippen LogP contribution in [0, 0.1) is 5.92 Å². The summed E-state index contributed by atoms with van der Waals surface area (Å²) in [6.45, 7) is 10.3. The number of nitrogens with one attached hydrogen (secondary N) is 1. The summed E-state index contributed by atoms with van der Waals surface area (Å²) in [6, 6.07) is 7.97. The lowest BCUT2D eigenvalue weighted by Crippen LogP contribution is -2.46. The van der Waals surface area contributed by atoms with Crippen LogP contribution in [-0.4, -0.2) is 57.8 Å². The number of anilines is 2. The van der Waals surface area contributed by atoms with Crippen LogP contribution < -0.4 is 11.1 Å². The monoisotopic (exact) mass is 534 g/mol. The Morgan fingerprint density at radius 2 is 2.00 bits per heavy atom. The highest BCUT2D eigenvalue weighted by Crippen LogP contribution is 2.36. The summed E-state index contributed by atoms with van der Waals surface area (Å²) in [5, 5.41) is 3.90. The second kappa shape index (κ2) is 11.4. The minimum Gasteiger partial charge on any atom is -0.383 e. The van der Waals surface area contributed by atoms with E-state index >= 15 is 0 Å². The van der Waals surface area contributed by atoms with Crippen LogP contribution in [0.2, 0.25) is 0 Å². The van der Waals surface area contributed by atoms with Gasteiger partial charge in [0.1, 0.15) is 5.82 Å². The molecular formula is C29H38N6O2S. The van der Waals surface area contributed by atoms with Crippen LogP contribution in [0.25, 0.3) is 10.2 Å². The molecule has 2 saturated heterocycles. The van der Waals surface area contributed by atoms with Crippen molar-refractivity contribution in [2.45, 2.75) is 64.8 Å². The van der Waals surface area contributed by atoms with Crippen LogP contribution in [0.3, 0.4) is 0 Å². The van der Waals surface area contributed by atoms with Crippen LogP contribution >= 0.6 is 11.3 Å². The quantitative estimate of drug-likeness (QED) is 0.433. The van der Waals surface area contributed by atoms with Gasteiger partial charge in [0.25, 0.3) is 0 Å². The highest BCUT2D eigenvalue weighted by Gasteiger charge is 2.34. The molecule has 202 valence electrons. The molecule has 2 amide bonds. The van der Waals surface area contributed by atoms with E-state index in [2.05, 4.69) is 47.2 Å². The van der Waals surface area contributed by atoms with Gasteiger partial charge in [0.2, 0.25) is 0 Å². The minimum absolute atomic E-state index is 0.156. The van der Waals surface area contributed by atoms with Gasteiger partial charge in [-0.05, 0) is 80.4 Å². The van der Waals surface area contributed by atoms with E-state index < -0.39 is 11.8 Å². The number of aryl methyl sites for hydroxylation is 1. The second-order valence-corrected chi connectivity index (χ2v) is 12.0. The Morgan fingerprint density at radius 3 is 2.76 bits per heavy atom. The lowest BCUT2D eigenvalue weighted by molar-refractivity contribution is -0.146. The fourth-order valence-electron chi connectivity index (χ4n) is 5.72. The van der Waals surface area contributed by atoms with E-state index in [1.807, 2.05) is 6.92 Å². The topological polar surface area (TPSA) is 104 Å². The molecule has 2 aromatic heterocycles. The lowest BCUT2D eigenvalue weighted by atomic mass is 9.89. The van der Waals surface area contributed by atoms with E-state index in [1.165, 1.54) is 36.8 Å². The van der Waals surface area contributed by atoms with Crippen molar-refractivity contribution >= 4 is 44.9 Å². The Labute approximate surface area is 228 Å². The molecule has 0 unspecified atom stereocenters. The van der Waals surface area contributed by atoms with Crippen LogP contribution in [0.1, 0.15) is 74.5 Å². The Balaban J connectivity index is 1.34. The number of thiazole rings is 1. The summed E-state index contributed by atoms with van der Waals surface area (Å²) in [6.07, 6.45) is 6.59. The van der Waals surface area contributed by atoms with Crippen molar-refractivity contribution in [2.75, 3.05) is 37.2 Å². The third kappa shape index (κ3) is 5.68. The number of pyridine rings is 1. The molecule has 9 heteroatoms. The number of nitrogen functional groups attached to an aromatic ring is 1. The molecule has 0 spiro atoms. The number of aromatic nitrogens is 2. The van der Waals surface area contributed by atoms with Gasteiger partial charge < -0.3 is 20.9 Å². The maximum atomic E-state index is 13.4. The average Bonchev–Trinajstić information content (AvgIpc) is 3.58. The van der Waals surface area contributed by atoms with Crippen LogP contribution in [0.5, 0.6) is 0 Å². The first-order valence-electron chi connectivity index (χ1n) is 13.8. The predicted octanol–water partition coefficient (Wildman–Crippen LogP) is 4.97. The molecule has 2 aliphatic heterocycles. The SMILES string of the molecule is CCc1cc(NC(=O)C(=O)N2C[C@@H](C)CC[C@@H]2c2ccc3sc([C@H](C)CN4CCCC4)nc3c2)cnc1N. The zero-order chi connectivity index (χ0) is 26.8. The molecule has 38 heavy (non-hydrogen) atoms. The van der Waals surface area contributed by atoms with E-state index in [-0.39, 0.29) is 6.04 Å². The number of rotatable bonds is 6. The number of hydrogen-bond donors (Lipinski definition) is 2. The van der Waals surface area contributed by atoms with Gasteiger partial charge in [-0.3, -0.25) is 9.59 Å². The van der Waals surface area contributed by atoms with Crippen LogP contribution in [-0.2, 0) is 16.0 Å². The molecule has 0 radical (unpaired) electrons. The standard InChI is InChI=1S/C29H38N6O2S/c1-4-20-13-22(15-31-26(20)30)32-27(36)29(37)35-16-18(2)7-9-24(35)21-8-10-25-23(14-21)33-28(38-25)19(3)17-34-11-5-6-12-34/h8,10,13-15,18-19,24H,4-7,9,11-12,16-17H2,1-3H3,(H2,30,31)(H,32,36)/t18-,19+,24+/m0/s1. The van der Waals surface area contributed by atoms with Gasteiger partial charge in [0.15, 0.2) is 0 Å². The molecule has 0 aliphatic carbocycles. The summed E-state index contributed by atoms with van der Waals surface area (Å²) in [4.78, 5) is 39.9. The number of piperidine rings is 1. The van der Waals surface area contributed by atoms with Crippen molar-refractivity contribution in [3.05, 3.63) is 46.6 Å². The van der Waals surface area contributed by atoms with Gasteiger partial charge in [-0.15, -0.1) is 11.3 Å². The van der Waals surface area contributed by atoms with Crippen molar-refractivity contribution < 1.29 is 9.59 Å². The lowest BCUT2D eigenvalue weighted by Gasteiger charge is -2.38. The van der Waals surface area contributed by atoms with Crippen molar-refractivity contribution in [2.24, 2.45) is 5.92 Å². The molecule has 8 nitrogen and oxygen atoms in total. The van der Waals surface area contributed by atoms with E-state index in [0.29, 0.717) is 36.3 Å². The fourth-order valence-corrected chi connectivity index (χ4v) is 6.71. The van der Waals surface area contributed by atoms with Gasteiger partial charge in [-0.2, -0.15) is 0 Å². The third-order valence-corrected chi connectivity index (χ3v) is 9.15. The van der Waals surface area contributed by atoms with Gasteiger partial charge in [-0.25, -0.2) is 9.97 Å². The van der Waals surface area contributed by atoms with Crippen molar-refractivity contribution in [1.29, 1.82) is 0 Å². The van der Waals surface area contributed by atoms with Crippen molar-refractivity contribution in [3.63, 3.8) is 0 Å². The number of amides is 2. The minimum atomic E-state index is -0.648. The van der Waals surface area contributed by atoms with E-state index in [4.69, 9.17) is 10.7 Å². The van der Waals surface area contributed by atoms with E-state index in [0.717, 1.165) is 41.0 Å². The van der Waals surface area contributed by atoms with Gasteiger partial charge in [-0.1, -0.05) is 26.8 Å². The summed E-state index contributed by atoms with van der Waals surface area (Å²) in [5.74, 6) is -0.00999. The normalized spacial score (nSPS) is 21.1. The smallest absolute Gasteiger partial charge is 0.313 e. The van der Waals surface area contributed by atoms with Gasteiger partial charge >= 0.3 is 11.8 Å². The summed E-state index contributed by atoms with van der Waals surface area (Å²) >= 11 is 1.76.